The molecular formula is C15H26ClNO4. The zero-order valence-corrected chi connectivity index (χ0v) is 14.1. The molecule has 0 aromatic heterocycles. The van der Waals surface area contributed by atoms with E-state index in [0.717, 1.165) is 19.3 Å². The maximum atomic E-state index is 12.2. The first-order valence-corrected chi connectivity index (χ1v) is 8.00. The lowest BCUT2D eigenvalue weighted by Crippen LogP contribution is -2.57. The molecule has 122 valence electrons. The van der Waals surface area contributed by atoms with Crippen LogP contribution < -0.4 is 5.32 Å². The highest BCUT2D eigenvalue weighted by Crippen LogP contribution is 2.35. The van der Waals surface area contributed by atoms with E-state index in [1.54, 1.807) is 20.8 Å². The molecule has 1 rings (SSSR count). The van der Waals surface area contributed by atoms with Crippen molar-refractivity contribution in [3.05, 3.63) is 0 Å². The van der Waals surface area contributed by atoms with Gasteiger partial charge in [0.05, 0.1) is 0 Å². The molecule has 0 saturated heterocycles. The number of alkyl carbamates (subject to hydrolysis) is 1. The van der Waals surface area contributed by atoms with Crippen molar-refractivity contribution in [3.8, 4) is 0 Å². The molecule has 0 aromatic rings. The fourth-order valence-electron chi connectivity index (χ4n) is 2.65. The smallest absolute Gasteiger partial charge is 0.408 e. The number of alkyl halides is 1. The van der Waals surface area contributed by atoms with E-state index in [2.05, 4.69) is 12.2 Å². The van der Waals surface area contributed by atoms with Gasteiger partial charge in [0.1, 0.15) is 11.1 Å². The predicted octanol–water partition coefficient (Wildman–Crippen LogP) is 3.59. The molecule has 1 fully saturated rings. The minimum atomic E-state index is -1.01. The molecule has 1 saturated carbocycles. The highest BCUT2D eigenvalue weighted by Gasteiger charge is 2.45. The van der Waals surface area contributed by atoms with Crippen LogP contribution in [0, 0.1) is 5.92 Å². The molecule has 6 heteroatoms. The molecule has 0 spiro atoms. The summed E-state index contributed by atoms with van der Waals surface area (Å²) in [6.07, 6.45) is 3.35. The first kappa shape index (κ1) is 18.1. The van der Waals surface area contributed by atoms with Crippen molar-refractivity contribution in [1.29, 1.82) is 0 Å². The van der Waals surface area contributed by atoms with Crippen LogP contribution in [0.15, 0.2) is 0 Å². The summed E-state index contributed by atoms with van der Waals surface area (Å²) < 4.78 is 10.2. The van der Waals surface area contributed by atoms with Gasteiger partial charge in [-0.1, -0.05) is 24.9 Å². The second-order valence-corrected chi connectivity index (χ2v) is 6.82. The Hall–Kier alpha value is -0.970. The third kappa shape index (κ3) is 5.38. The number of nitrogens with one attached hydrogen (secondary N) is 1. The van der Waals surface area contributed by atoms with E-state index in [4.69, 9.17) is 21.1 Å². The number of carbonyl (C=O) groups excluding carboxylic acids is 2. The van der Waals surface area contributed by atoms with Crippen molar-refractivity contribution < 1.29 is 19.1 Å². The largest absolute Gasteiger partial charge is 0.448 e. The van der Waals surface area contributed by atoms with Gasteiger partial charge < -0.3 is 14.8 Å². The monoisotopic (exact) mass is 319 g/mol. The van der Waals surface area contributed by atoms with Gasteiger partial charge in [0.15, 0.2) is 6.07 Å². The van der Waals surface area contributed by atoms with Crippen LogP contribution in [0.5, 0.6) is 0 Å². The Morgan fingerprint density at radius 3 is 2.29 bits per heavy atom. The van der Waals surface area contributed by atoms with Gasteiger partial charge in [0.25, 0.3) is 0 Å². The second-order valence-electron chi connectivity index (χ2n) is 6.60. The molecule has 0 radical (unpaired) electrons. The summed E-state index contributed by atoms with van der Waals surface area (Å²) in [7, 11) is 0. The normalized spacial score (nSPS) is 26.0. The first-order valence-electron chi connectivity index (χ1n) is 7.47. The number of esters is 1. The van der Waals surface area contributed by atoms with Crippen molar-refractivity contribution in [2.24, 2.45) is 5.92 Å². The Morgan fingerprint density at radius 1 is 1.29 bits per heavy atom. The van der Waals surface area contributed by atoms with Crippen molar-refractivity contribution in [2.75, 3.05) is 6.07 Å². The van der Waals surface area contributed by atoms with E-state index in [1.165, 1.54) is 0 Å². The van der Waals surface area contributed by atoms with Crippen LogP contribution in [-0.2, 0) is 14.3 Å². The number of rotatable bonds is 4. The van der Waals surface area contributed by atoms with Crippen LogP contribution in [0.4, 0.5) is 4.79 Å². The molecule has 1 aliphatic rings. The fourth-order valence-corrected chi connectivity index (χ4v) is 2.74. The Kier molecular flexibility index (Phi) is 6.32. The Labute approximate surface area is 131 Å². The number of hydrogen-bond acceptors (Lipinski definition) is 4. The minimum Gasteiger partial charge on any atom is -0.448 e. The predicted molar refractivity (Wildman–Crippen MR) is 81.2 cm³/mol. The van der Waals surface area contributed by atoms with Crippen LogP contribution in [0.2, 0.25) is 0 Å². The number of ether oxygens (including phenoxy) is 2. The van der Waals surface area contributed by atoms with Crippen molar-refractivity contribution in [2.45, 2.75) is 70.9 Å². The fraction of sp³-hybridized carbons (Fsp3) is 0.867. The number of carbonyl (C=O) groups is 2. The lowest BCUT2D eigenvalue weighted by Gasteiger charge is -2.38. The highest BCUT2D eigenvalue weighted by atomic mass is 35.5. The third-order valence-electron chi connectivity index (χ3n) is 3.85. The summed E-state index contributed by atoms with van der Waals surface area (Å²) in [5, 5.41) is 2.72. The van der Waals surface area contributed by atoms with Gasteiger partial charge in [-0.2, -0.15) is 0 Å². The van der Waals surface area contributed by atoms with Gasteiger partial charge in [0.2, 0.25) is 0 Å². The third-order valence-corrected chi connectivity index (χ3v) is 3.96. The van der Waals surface area contributed by atoms with E-state index in [1.807, 2.05) is 0 Å². The van der Waals surface area contributed by atoms with Gasteiger partial charge in [-0.15, -0.1) is 0 Å². The second kappa shape index (κ2) is 7.34. The summed E-state index contributed by atoms with van der Waals surface area (Å²) in [6, 6.07) is -0.214. The summed E-state index contributed by atoms with van der Waals surface area (Å²) >= 11 is 5.49. The molecule has 0 heterocycles. The Bertz CT molecular complexity index is 370. The molecule has 0 aliphatic heterocycles. The van der Waals surface area contributed by atoms with Crippen LogP contribution in [-0.4, -0.2) is 29.3 Å². The minimum absolute atomic E-state index is 0.214. The summed E-state index contributed by atoms with van der Waals surface area (Å²) in [5.74, 6) is 0.111. The van der Waals surface area contributed by atoms with Crippen LogP contribution >= 0.6 is 11.6 Å². The molecule has 1 aliphatic carbocycles. The van der Waals surface area contributed by atoms with Crippen LogP contribution in [0.25, 0.3) is 0 Å². The van der Waals surface area contributed by atoms with E-state index >= 15 is 0 Å². The number of hydrogen-bond donors (Lipinski definition) is 1. The maximum absolute atomic E-state index is 12.2. The molecule has 0 bridgehead atoms. The zero-order chi connectivity index (χ0) is 16.1. The molecule has 0 aromatic carbocycles. The van der Waals surface area contributed by atoms with Gasteiger partial charge in [-0.3, -0.25) is 0 Å². The van der Waals surface area contributed by atoms with E-state index in [-0.39, 0.29) is 6.07 Å². The molecule has 0 atom stereocenters. The summed E-state index contributed by atoms with van der Waals surface area (Å²) in [5.41, 5.74) is -1.62. The first-order chi connectivity index (χ1) is 9.72. The highest BCUT2D eigenvalue weighted by molar-refractivity contribution is 6.17. The van der Waals surface area contributed by atoms with Gasteiger partial charge in [0, 0.05) is 0 Å². The van der Waals surface area contributed by atoms with Crippen molar-refractivity contribution in [3.63, 3.8) is 0 Å². The van der Waals surface area contributed by atoms with Crippen molar-refractivity contribution >= 4 is 23.7 Å². The Balaban J connectivity index is 2.79. The lowest BCUT2D eigenvalue weighted by molar-refractivity contribution is -0.151. The molecule has 0 unspecified atom stereocenters. The zero-order valence-electron chi connectivity index (χ0n) is 13.3. The topological polar surface area (TPSA) is 64.6 Å². The molecular weight excluding hydrogens is 294 g/mol. The van der Waals surface area contributed by atoms with Gasteiger partial charge in [-0.05, 0) is 52.4 Å². The molecule has 1 N–H and O–H groups in total. The average Bonchev–Trinajstić information content (AvgIpc) is 2.37. The SMILES string of the molecule is CCC1CCC(NC(=O)OC(C)(C)C)(C(=O)OCCl)CC1. The molecule has 1 amide bonds. The standard InChI is InChI=1S/C15H26ClNO4/c1-5-11-6-8-15(9-7-11,12(18)20-10-16)17-13(19)21-14(2,3)4/h11H,5-10H2,1-4H3,(H,17,19). The van der Waals surface area contributed by atoms with Crippen molar-refractivity contribution in [1.82, 2.24) is 5.32 Å². The number of halogens is 1. The van der Waals surface area contributed by atoms with Crippen LogP contribution in [0.3, 0.4) is 0 Å². The van der Waals surface area contributed by atoms with Crippen LogP contribution in [0.1, 0.15) is 59.8 Å². The average molecular weight is 320 g/mol. The number of amides is 1. The van der Waals surface area contributed by atoms with E-state index in [0.29, 0.717) is 18.8 Å². The molecule has 21 heavy (non-hydrogen) atoms. The maximum Gasteiger partial charge on any atom is 0.408 e. The van der Waals surface area contributed by atoms with E-state index in [9.17, 15) is 9.59 Å². The van der Waals surface area contributed by atoms with Gasteiger partial charge >= 0.3 is 12.1 Å². The lowest BCUT2D eigenvalue weighted by atomic mass is 9.75. The Morgan fingerprint density at radius 2 is 1.86 bits per heavy atom. The summed E-state index contributed by atoms with van der Waals surface area (Å²) in [6.45, 7) is 7.48. The quantitative estimate of drug-likeness (QED) is 0.635. The summed E-state index contributed by atoms with van der Waals surface area (Å²) in [4.78, 5) is 24.3. The van der Waals surface area contributed by atoms with Gasteiger partial charge in [-0.25, -0.2) is 9.59 Å². The van der Waals surface area contributed by atoms with E-state index < -0.39 is 23.2 Å². The molecule has 5 nitrogen and oxygen atoms in total.